The van der Waals surface area contributed by atoms with Gasteiger partial charge in [0.2, 0.25) is 0 Å². The molecule has 2 saturated heterocycles. The van der Waals surface area contributed by atoms with Crippen LogP contribution in [0, 0.1) is 52.8 Å². The van der Waals surface area contributed by atoms with Crippen LogP contribution in [0.25, 0.3) is 0 Å². The molecule has 8 nitrogen and oxygen atoms in total. The van der Waals surface area contributed by atoms with Crippen molar-refractivity contribution in [3.8, 4) is 0 Å². The van der Waals surface area contributed by atoms with Crippen LogP contribution in [0.4, 0.5) is 0 Å². The van der Waals surface area contributed by atoms with Gasteiger partial charge in [0.15, 0.2) is 12.2 Å². The van der Waals surface area contributed by atoms with Gasteiger partial charge in [-0.1, -0.05) is 129 Å². The summed E-state index contributed by atoms with van der Waals surface area (Å²) in [5.74, 6) is 7.34. The number of unbranched alkanes of at least 4 members (excludes halogenated alkanes) is 12. The molecule has 2 heterocycles. The van der Waals surface area contributed by atoms with Crippen LogP contribution in [0.1, 0.15) is 207 Å². The molecule has 0 radical (unpaired) electrons. The minimum atomic E-state index is -0.778. The van der Waals surface area contributed by atoms with E-state index in [2.05, 4.69) is 18.7 Å². The molecule has 6 aliphatic rings. The summed E-state index contributed by atoms with van der Waals surface area (Å²) in [7, 11) is 2.01. The van der Waals surface area contributed by atoms with E-state index in [9.17, 15) is 14.4 Å². The van der Waals surface area contributed by atoms with Gasteiger partial charge in [-0.2, -0.15) is 0 Å². The number of rotatable bonds is 33. The molecule has 0 N–H and O–H groups in total. The highest BCUT2D eigenvalue weighted by Gasteiger charge is 2.47. The molecule has 0 aromatic heterocycles. The normalized spacial score (nSPS) is 34.1. The molecule has 0 amide bonds. The van der Waals surface area contributed by atoms with E-state index in [0.717, 1.165) is 98.8 Å². The molecule has 0 bridgehead atoms. The summed E-state index contributed by atoms with van der Waals surface area (Å²) in [6, 6.07) is 0. The summed E-state index contributed by atoms with van der Waals surface area (Å²) in [5.41, 5.74) is -0.562. The second kappa shape index (κ2) is 24.4. The molecule has 12 atom stereocenters. The van der Waals surface area contributed by atoms with Crippen LogP contribution in [0.5, 0.6) is 0 Å². The molecule has 0 aromatic carbocycles. The minimum absolute atomic E-state index is 0.0199. The Morgan fingerprint density at radius 2 is 1.05 bits per heavy atom. The Morgan fingerprint density at radius 1 is 0.600 bits per heavy atom. The van der Waals surface area contributed by atoms with Gasteiger partial charge in [-0.3, -0.25) is 14.4 Å². The zero-order valence-electron chi connectivity index (χ0n) is 39.0. The van der Waals surface area contributed by atoms with Gasteiger partial charge < -0.3 is 23.8 Å². The molecule has 4 aliphatic carbocycles. The first-order chi connectivity index (χ1) is 29.2. The van der Waals surface area contributed by atoms with Crippen molar-refractivity contribution in [1.82, 2.24) is 4.90 Å². The molecule has 2 aliphatic heterocycles. The Hall–Kier alpha value is -1.67. The number of likely N-dealkylation sites (tertiary alicyclic amines) is 1. The van der Waals surface area contributed by atoms with Gasteiger partial charge in [0.1, 0.15) is 12.7 Å². The number of esters is 3. The van der Waals surface area contributed by atoms with Crippen LogP contribution < -0.4 is 0 Å². The van der Waals surface area contributed by atoms with Crippen LogP contribution in [0.2, 0.25) is 0 Å². The fourth-order valence-electron chi connectivity index (χ4n) is 11.5. The van der Waals surface area contributed by atoms with Crippen LogP contribution in [0.15, 0.2) is 0 Å². The van der Waals surface area contributed by atoms with Gasteiger partial charge in [0.05, 0.1) is 12.0 Å². The van der Waals surface area contributed by atoms with Gasteiger partial charge in [-0.05, 0) is 126 Å². The maximum atomic E-state index is 13.2. The second-order valence-corrected chi connectivity index (χ2v) is 21.6. The summed E-state index contributed by atoms with van der Waals surface area (Å²) in [6.07, 6.45) is 33.3. The topological polar surface area (TPSA) is 91.4 Å². The lowest BCUT2D eigenvalue weighted by Crippen LogP contribution is -2.41. The summed E-state index contributed by atoms with van der Waals surface area (Å²) in [4.78, 5) is 41.4. The van der Waals surface area contributed by atoms with Crippen molar-refractivity contribution in [1.29, 1.82) is 0 Å². The van der Waals surface area contributed by atoms with Crippen molar-refractivity contribution in [3.05, 3.63) is 0 Å². The van der Waals surface area contributed by atoms with Crippen molar-refractivity contribution in [2.24, 2.45) is 52.8 Å². The van der Waals surface area contributed by atoms with E-state index in [0.29, 0.717) is 19.4 Å². The summed E-state index contributed by atoms with van der Waals surface area (Å²) in [5, 5.41) is 0. The zero-order valence-corrected chi connectivity index (χ0v) is 39.0. The Kier molecular flexibility index (Phi) is 19.4. The van der Waals surface area contributed by atoms with Gasteiger partial charge in [0, 0.05) is 19.4 Å². The smallest absolute Gasteiger partial charge is 0.313 e. The molecule has 6 fully saturated rings. The molecular weight excluding hydrogens is 751 g/mol. The minimum Gasteiger partial charge on any atom is -0.462 e. The fraction of sp³-hybridized carbons (Fsp3) is 0.942. The summed E-state index contributed by atoms with van der Waals surface area (Å²) >= 11 is 0. The Bertz CT molecular complexity index is 1310. The van der Waals surface area contributed by atoms with E-state index in [1.54, 1.807) is 0 Å². The maximum Gasteiger partial charge on any atom is 0.313 e. The monoisotopic (exact) mass is 840 g/mol. The molecule has 60 heavy (non-hydrogen) atoms. The highest BCUT2D eigenvalue weighted by Crippen LogP contribution is 2.55. The molecule has 8 heteroatoms. The van der Waals surface area contributed by atoms with Crippen molar-refractivity contribution >= 4 is 17.9 Å². The third kappa shape index (κ3) is 16.2. The largest absolute Gasteiger partial charge is 0.462 e. The van der Waals surface area contributed by atoms with E-state index in [1.165, 1.54) is 128 Å². The van der Waals surface area contributed by atoms with Gasteiger partial charge in [-0.25, -0.2) is 0 Å². The highest BCUT2D eigenvalue weighted by molar-refractivity contribution is 5.77. The lowest BCUT2D eigenvalue weighted by molar-refractivity contribution is -0.170. The van der Waals surface area contributed by atoms with Crippen molar-refractivity contribution in [2.75, 3.05) is 33.4 Å². The van der Waals surface area contributed by atoms with E-state index in [-0.39, 0.29) is 31.1 Å². The Balaban J connectivity index is 0.819. The second-order valence-electron chi connectivity index (χ2n) is 21.6. The first-order valence-electron chi connectivity index (χ1n) is 26.0. The predicted molar refractivity (Wildman–Crippen MR) is 239 cm³/mol. The SMILES string of the molecule is CCCCCC1CC1CC1CC1CCCCCCCC(=O)O[C@@H]1[C@@H](OC(=O)CCCCCCCC2CC2CC2CC2CCCCC)CO[C@@H]1COC(=O)C1(C)CCN(C)C1. The van der Waals surface area contributed by atoms with Crippen molar-refractivity contribution < 1.29 is 33.3 Å². The van der Waals surface area contributed by atoms with Gasteiger partial charge in [-0.15, -0.1) is 0 Å². The molecule has 0 aromatic rings. The van der Waals surface area contributed by atoms with E-state index >= 15 is 0 Å². The number of hydrogen-bond acceptors (Lipinski definition) is 8. The summed E-state index contributed by atoms with van der Waals surface area (Å²) in [6.45, 7) is 8.16. The number of carbonyl (C=O) groups excluding carboxylic acids is 3. The van der Waals surface area contributed by atoms with Gasteiger partial charge >= 0.3 is 17.9 Å². The van der Waals surface area contributed by atoms with E-state index in [4.69, 9.17) is 18.9 Å². The zero-order chi connectivity index (χ0) is 42.3. The van der Waals surface area contributed by atoms with Crippen molar-refractivity contribution in [2.45, 2.75) is 225 Å². The van der Waals surface area contributed by atoms with Crippen LogP contribution in [-0.4, -0.2) is 74.5 Å². The first-order valence-corrected chi connectivity index (χ1v) is 26.0. The maximum absolute atomic E-state index is 13.2. The molecule has 6 rings (SSSR count). The molecule has 4 saturated carbocycles. The first kappa shape index (κ1) is 47.8. The molecule has 344 valence electrons. The van der Waals surface area contributed by atoms with Gasteiger partial charge in [0.25, 0.3) is 0 Å². The van der Waals surface area contributed by atoms with Crippen molar-refractivity contribution in [3.63, 3.8) is 0 Å². The van der Waals surface area contributed by atoms with Crippen LogP contribution >= 0.6 is 0 Å². The lowest BCUT2D eigenvalue weighted by Gasteiger charge is -2.25. The third-order valence-electron chi connectivity index (χ3n) is 16.0. The average molecular weight is 840 g/mol. The number of carbonyl (C=O) groups is 3. The Morgan fingerprint density at radius 3 is 1.52 bits per heavy atom. The lowest BCUT2D eigenvalue weighted by atomic mass is 9.90. The number of nitrogens with zero attached hydrogens (tertiary/aromatic N) is 1. The van der Waals surface area contributed by atoms with E-state index in [1.807, 2.05) is 14.0 Å². The fourth-order valence-corrected chi connectivity index (χ4v) is 11.5. The number of ether oxygens (including phenoxy) is 4. The Labute approximate surface area is 366 Å². The molecule has 0 spiro atoms. The highest BCUT2D eigenvalue weighted by atomic mass is 16.6. The summed E-state index contributed by atoms with van der Waals surface area (Å²) < 4.78 is 23.7. The predicted octanol–water partition coefficient (Wildman–Crippen LogP) is 12.0. The standard InChI is InChI=1S/C52H89NO7/c1-5-7-15-21-38-29-42(38)33-44-31-40(44)23-17-11-9-13-19-25-48(54)59-47-36-57-46(35-58-51(56)52(3)27-28-53(4)37-52)50(47)60-49(55)26-20-14-10-12-18-24-41-32-45(41)34-43-30-39(43)22-16-8-6-2/h38-47,50H,5-37H2,1-4H3/t38?,39?,40?,41?,42?,43?,44?,45?,46-,47+,50+,52?/m1/s1. The van der Waals surface area contributed by atoms with Crippen LogP contribution in [0.3, 0.4) is 0 Å². The average Bonchev–Trinajstić information content (AvgIpc) is 4.15. The third-order valence-corrected chi connectivity index (χ3v) is 16.0. The van der Waals surface area contributed by atoms with E-state index < -0.39 is 23.7 Å². The molecular formula is C52H89NO7. The quantitative estimate of drug-likeness (QED) is 0.0367. The van der Waals surface area contributed by atoms with Crippen LogP contribution in [-0.2, 0) is 33.3 Å². The number of hydrogen-bond donors (Lipinski definition) is 0. The molecule has 9 unspecified atom stereocenters.